The molecule has 6 fully saturated rings. The van der Waals surface area contributed by atoms with Gasteiger partial charge in [0.05, 0.1) is 86.4 Å². The third-order valence-corrected chi connectivity index (χ3v) is 25.3. The van der Waals surface area contributed by atoms with Gasteiger partial charge in [0.15, 0.2) is 5.13 Å². The first-order chi connectivity index (χ1) is 59.7. The zero-order valence-corrected chi connectivity index (χ0v) is 69.0. The zero-order valence-electron chi connectivity index (χ0n) is 68.2. The molecule has 10 unspecified atom stereocenters. The number of rotatable bonds is 26. The van der Waals surface area contributed by atoms with Gasteiger partial charge < -0.3 is 56.6 Å². The molecule has 0 saturated heterocycles. The smallest absolute Gasteiger partial charge is 0.271 e. The van der Waals surface area contributed by atoms with Crippen LogP contribution in [0.25, 0.3) is 54.5 Å². The van der Waals surface area contributed by atoms with Crippen molar-refractivity contribution < 1.29 is 9.47 Å². The van der Waals surface area contributed by atoms with Crippen LogP contribution in [0.2, 0.25) is 0 Å². The number of fused-ring (bicyclic) bond motifs is 5. The second kappa shape index (κ2) is 37.9. The number of hydrogen-bond acceptors (Lipinski definition) is 23. The number of H-pyrrole nitrogens is 11. The van der Waals surface area contributed by atoms with Gasteiger partial charge in [0.25, 0.3) is 27.8 Å². The topological polar surface area (TPSA) is 469 Å². The van der Waals surface area contributed by atoms with Crippen molar-refractivity contribution in [3.8, 4) is 11.5 Å². The fourth-order valence-electron chi connectivity index (χ4n) is 17.7. The Balaban J connectivity index is 0.000000108. The van der Waals surface area contributed by atoms with Crippen LogP contribution in [0.4, 0.5) is 45.6 Å². The van der Waals surface area contributed by atoms with Crippen LogP contribution in [0.5, 0.6) is 11.5 Å². The molecule has 34 nitrogen and oxygen atoms in total. The number of hydrogen-bond donors (Lipinski definition) is 19. The average molecular weight is 1670 g/mol. The maximum Gasteiger partial charge on any atom is 0.271 e. The molecule has 15 aromatic rings. The van der Waals surface area contributed by atoms with E-state index in [1.54, 1.807) is 35.9 Å². The van der Waals surface area contributed by atoms with Crippen LogP contribution < -0.4 is 79.8 Å². The van der Waals surface area contributed by atoms with E-state index in [9.17, 15) is 24.0 Å². The Bertz CT molecular complexity index is 5950. The van der Waals surface area contributed by atoms with Gasteiger partial charge in [0.1, 0.15) is 29.0 Å². The lowest BCUT2D eigenvalue weighted by Gasteiger charge is -2.22. The Morgan fingerprint density at radius 1 is 0.418 bits per heavy atom. The van der Waals surface area contributed by atoms with E-state index < -0.39 is 0 Å². The fourth-order valence-corrected chi connectivity index (χ4v) is 18.4. The number of pyridine rings is 1. The van der Waals surface area contributed by atoms with Gasteiger partial charge in [0.2, 0.25) is 5.95 Å². The largest absolute Gasteiger partial charge is 0.493 e. The molecule has 5 aromatic carbocycles. The zero-order chi connectivity index (χ0) is 83.3. The summed E-state index contributed by atoms with van der Waals surface area (Å²) in [6.45, 7) is 6.08. The summed E-state index contributed by atoms with van der Waals surface area (Å²) in [7, 11) is 1.98. The molecule has 6 aliphatic rings. The fraction of sp³-hybridized carbons (Fsp3) is 0.402. The predicted octanol–water partition coefficient (Wildman–Crippen LogP) is 13.4. The lowest BCUT2D eigenvalue weighted by molar-refractivity contribution is 0.244. The van der Waals surface area contributed by atoms with Gasteiger partial charge in [-0.3, -0.25) is 80.1 Å². The molecule has 0 aliphatic heterocycles. The number of ether oxygens (including phenoxy) is 2. The van der Waals surface area contributed by atoms with E-state index in [2.05, 4.69) is 147 Å². The molecule has 0 spiro atoms. The first kappa shape index (κ1) is 81.0. The van der Waals surface area contributed by atoms with Crippen molar-refractivity contribution in [1.29, 1.82) is 0 Å². The molecular weight excluding hydrogens is 1570 g/mol. The molecule has 21 rings (SSSR count). The van der Waals surface area contributed by atoms with Crippen LogP contribution in [0.3, 0.4) is 0 Å². The van der Waals surface area contributed by atoms with Crippen molar-refractivity contribution in [3.05, 3.63) is 215 Å². The molecule has 0 amide bonds. The van der Waals surface area contributed by atoms with E-state index >= 15 is 0 Å². The predicted molar refractivity (Wildman–Crippen MR) is 480 cm³/mol. The minimum absolute atomic E-state index is 0.0769. The van der Waals surface area contributed by atoms with Gasteiger partial charge in [-0.25, -0.2) is 19.9 Å². The van der Waals surface area contributed by atoms with E-state index in [1.807, 2.05) is 134 Å². The van der Waals surface area contributed by atoms with Gasteiger partial charge >= 0.3 is 0 Å². The maximum absolute atomic E-state index is 11.6. The summed E-state index contributed by atoms with van der Waals surface area (Å²) in [6, 6.07) is 38.5. The van der Waals surface area contributed by atoms with Crippen molar-refractivity contribution in [2.45, 2.75) is 152 Å². The monoisotopic (exact) mass is 1670 g/mol. The summed E-state index contributed by atoms with van der Waals surface area (Å²) >= 11 is 1.69. The van der Waals surface area contributed by atoms with Gasteiger partial charge in [-0.15, -0.1) is 16.4 Å². The van der Waals surface area contributed by atoms with Crippen LogP contribution in [-0.4, -0.2) is 159 Å². The number of thiazole rings is 1. The molecule has 10 atom stereocenters. The van der Waals surface area contributed by atoms with Crippen LogP contribution in [-0.2, 0) is 7.05 Å². The highest BCUT2D eigenvalue weighted by Gasteiger charge is 2.34. The Labute approximate surface area is 703 Å². The SMILES string of the molecule is Cc1cnc(NC2CCCC2COc2ccc3c(=O)[nH][nH]c3c2)s1.Cn1cnc(NC2CCCC2CNc2ccc3c(=O)[nH][nH]c3c2)c1.O=c1[nH][nH]c2cc(NCC3CCCC3Nc3ccccn3)ccc12.O=c1[nH][nH]c2cc(NCC3CCCC3Nc3nccnn3)ccc12.O=c1[nH][nH]c2cc(OCC3CCCC3Nc3cc(C4CC4)[nH]n3)ccc12. The summed E-state index contributed by atoms with van der Waals surface area (Å²) < 4.78 is 14.0. The quantitative estimate of drug-likeness (QED) is 0.0239. The summed E-state index contributed by atoms with van der Waals surface area (Å²) in [6.07, 6.45) is 31.0. The van der Waals surface area contributed by atoms with E-state index in [-0.39, 0.29) is 27.8 Å². The van der Waals surface area contributed by atoms with Gasteiger partial charge in [-0.1, -0.05) is 38.2 Å². The average Bonchev–Trinajstić information content (AvgIpc) is 1.63. The van der Waals surface area contributed by atoms with E-state index in [1.165, 1.54) is 81.2 Å². The normalized spacial score (nSPS) is 20.9. The lowest BCUT2D eigenvalue weighted by atomic mass is 10.0. The van der Waals surface area contributed by atoms with Crippen LogP contribution in [0.1, 0.15) is 126 Å². The van der Waals surface area contributed by atoms with Crippen molar-refractivity contribution in [1.82, 2.24) is 95.9 Å². The van der Waals surface area contributed by atoms with Gasteiger partial charge in [0, 0.05) is 139 Å². The van der Waals surface area contributed by atoms with Crippen molar-refractivity contribution in [2.75, 3.05) is 75.4 Å². The summed E-state index contributed by atoms with van der Waals surface area (Å²) in [5.41, 5.74) is 7.90. The molecule has 10 aromatic heterocycles. The van der Waals surface area contributed by atoms with Crippen LogP contribution >= 0.6 is 11.3 Å². The third kappa shape index (κ3) is 20.4. The Morgan fingerprint density at radius 2 is 0.861 bits per heavy atom. The second-order valence-corrected chi connectivity index (χ2v) is 34.2. The van der Waals surface area contributed by atoms with E-state index in [0.29, 0.717) is 112 Å². The molecule has 0 bridgehead atoms. The minimum Gasteiger partial charge on any atom is -0.493 e. The number of aryl methyl sites for hydroxylation is 2. The highest BCUT2D eigenvalue weighted by Crippen LogP contribution is 2.41. The number of nitrogens with zero attached hydrogens (tertiary/aromatic N) is 8. The molecule has 35 heteroatoms. The van der Waals surface area contributed by atoms with Crippen molar-refractivity contribution in [3.63, 3.8) is 0 Å². The third-order valence-electron chi connectivity index (χ3n) is 24.5. The molecule has 636 valence electrons. The molecule has 0 radical (unpaired) electrons. The number of anilines is 8. The number of aromatic nitrogens is 19. The molecule has 19 N–H and O–H groups in total. The van der Waals surface area contributed by atoms with Crippen LogP contribution in [0.15, 0.2) is 177 Å². The van der Waals surface area contributed by atoms with E-state index in [4.69, 9.17) is 9.47 Å². The second-order valence-electron chi connectivity index (χ2n) is 32.9. The summed E-state index contributed by atoms with van der Waals surface area (Å²) in [5.74, 6) is 8.23. The molecule has 6 saturated carbocycles. The van der Waals surface area contributed by atoms with Crippen LogP contribution in [0, 0.1) is 36.5 Å². The first-order valence-electron chi connectivity index (χ1n) is 42.6. The van der Waals surface area contributed by atoms with Gasteiger partial charge in [-0.2, -0.15) is 10.2 Å². The molecular formula is C87H105N27O7S. The number of nitrogens with one attached hydrogen (secondary N) is 19. The van der Waals surface area contributed by atoms with Crippen molar-refractivity contribution >= 4 is 111 Å². The highest BCUT2D eigenvalue weighted by atomic mass is 32.1. The molecule has 6 aliphatic carbocycles. The molecule has 10 heterocycles. The minimum atomic E-state index is -0.102. The first-order valence-corrected chi connectivity index (χ1v) is 43.4. The Morgan fingerprint density at radius 3 is 1.30 bits per heavy atom. The van der Waals surface area contributed by atoms with Crippen molar-refractivity contribution in [2.24, 2.45) is 36.6 Å². The number of imidazole rings is 1. The molecule has 122 heavy (non-hydrogen) atoms. The Kier molecular flexibility index (Phi) is 25.2. The maximum atomic E-state index is 11.6. The summed E-state index contributed by atoms with van der Waals surface area (Å²) in [5, 5.41) is 75.3. The van der Waals surface area contributed by atoms with Gasteiger partial charge in [-0.05, 0) is 193 Å². The lowest BCUT2D eigenvalue weighted by Crippen LogP contribution is -2.30. The van der Waals surface area contributed by atoms with E-state index in [0.717, 1.165) is 137 Å². The Hall–Kier alpha value is -13.3. The highest BCUT2D eigenvalue weighted by molar-refractivity contribution is 7.15. The number of aromatic amines is 11. The number of benzene rings is 5. The standard InChI is InChI=1S/C19H23N5O2.C18H21N5O.C17H22N6O.C17H20N4O2S.C16H19N7O/c25-19-14-7-6-13(8-17(14)22-24-19)26-10-12-2-1-3-15(12)20-18-9-16(21-23-18)11-4-5-11;24-18-14-8-7-13(10-16(14)22-23-18)20-11-12-4-3-5-15(12)21-17-6-1-2-9-19-17;1-23-9-16(19-10-23)20-14-4-2-3-11(14)8-18-12-5-6-13-15(7-12)21-22-17(13)24;1-10-8-18-17(24-10)19-14-4-2-3-11(14)9-23-12-5-6-13-15(7-12)20-21-16(13)22;24-15-12-5-4-11(8-14(12)21-22-15)18-9-10-2-1-3-13(10)20-16-17-6-7-19-23-16/h6-9,11-12,15H,1-5,10H2,(H2,20,21,23)(H2,22,24,25);1-2,6-10,12,15,20H,3-5,11H2,(H,19,21)(H2,22,23,24);5-7,9-11,14,18,20H,2-4,8H2,1H3,(H2,21,22,24);5-8,11,14H,2-4,9H2,1H3,(H,18,19)(H2,20,21,22);4-8,10,13,18H,1-3,9H2,(H,17,20,23)(H2,21,22,24). The summed E-state index contributed by atoms with van der Waals surface area (Å²) in [4.78, 5) is 76.3.